The van der Waals surface area contributed by atoms with E-state index in [1.165, 1.54) is 0 Å². The summed E-state index contributed by atoms with van der Waals surface area (Å²) in [6.07, 6.45) is 10.6. The number of thiazole rings is 1. The summed E-state index contributed by atoms with van der Waals surface area (Å²) in [5.74, 6) is 0.281. The molecular weight excluding hydrogens is 923 g/mol. The first-order valence-corrected chi connectivity index (χ1v) is 26.6. The van der Waals surface area contributed by atoms with Crippen molar-refractivity contribution >= 4 is 63.7 Å². The number of para-hydroxylation sites is 1. The predicted molar refractivity (Wildman–Crippen MR) is 287 cm³/mol. The van der Waals surface area contributed by atoms with Crippen LogP contribution in [0, 0.1) is 18.3 Å². The number of nitrogens with zero attached hydrogens (tertiary/aromatic N) is 6. The van der Waals surface area contributed by atoms with Crippen LogP contribution < -0.4 is 25.8 Å². The minimum Gasteiger partial charge on any atom is -0.391 e. The van der Waals surface area contributed by atoms with Gasteiger partial charge in [-0.1, -0.05) is 95.9 Å². The fraction of sp³-hybridized carbons (Fsp3) is 0.456. The molecule has 1 saturated carbocycles. The lowest BCUT2D eigenvalue weighted by atomic mass is 9.76. The highest BCUT2D eigenvalue weighted by atomic mass is 32.1. The number of β-amino-alcohol motifs (C(OH)–C–C–N with tert-alkyl or cyclic N) is 1. The van der Waals surface area contributed by atoms with E-state index in [-0.39, 0.29) is 54.6 Å². The lowest BCUT2D eigenvalue weighted by Gasteiger charge is -2.36. The van der Waals surface area contributed by atoms with Gasteiger partial charge >= 0.3 is 0 Å². The van der Waals surface area contributed by atoms with Gasteiger partial charge in [0.05, 0.1) is 45.7 Å². The van der Waals surface area contributed by atoms with Gasteiger partial charge < -0.3 is 35.8 Å². The molecule has 4 N–H and O–H groups in total. The van der Waals surface area contributed by atoms with Gasteiger partial charge in [0.1, 0.15) is 11.5 Å². The van der Waals surface area contributed by atoms with Crippen molar-refractivity contribution in [3.8, 4) is 10.4 Å². The number of fused-ring (bicyclic) bond motifs is 2. The van der Waals surface area contributed by atoms with Gasteiger partial charge in [0, 0.05) is 74.3 Å². The van der Waals surface area contributed by atoms with Crippen LogP contribution in [0.25, 0.3) is 10.4 Å². The number of carbonyl (C=O) groups is 4. The van der Waals surface area contributed by atoms with Crippen LogP contribution in [0.15, 0.2) is 96.8 Å². The van der Waals surface area contributed by atoms with Gasteiger partial charge in [-0.3, -0.25) is 19.2 Å². The Morgan fingerprint density at radius 2 is 1.62 bits per heavy atom. The van der Waals surface area contributed by atoms with Crippen molar-refractivity contribution in [2.24, 2.45) is 11.3 Å². The topological polar surface area (TPSA) is 173 Å². The van der Waals surface area contributed by atoms with E-state index in [0.29, 0.717) is 53.7 Å². The summed E-state index contributed by atoms with van der Waals surface area (Å²) in [4.78, 5) is 75.0. The van der Waals surface area contributed by atoms with Crippen molar-refractivity contribution in [3.63, 3.8) is 0 Å². The van der Waals surface area contributed by atoms with Gasteiger partial charge in [0.15, 0.2) is 5.82 Å². The SMILES string of the molecule is C=C(N[C@@H](C)c1ccc(-c2scnc2C)cc1)[C@@H]1C[C@@H](O)CN1C(=O)[C@@H](CC(=O)CCCCCCCNC(=O)c1ccc(Nc2ncc3c(n2)N(C2CCCC2)c2ccccc2C(=O)N3C)cc1)C(C)(C)C. The molecule has 2 aromatic heterocycles. The summed E-state index contributed by atoms with van der Waals surface area (Å²) in [6.45, 7) is 15.2. The Balaban J connectivity index is 0.755. The predicted octanol–water partition coefficient (Wildman–Crippen LogP) is 10.8. The molecule has 14 nitrogen and oxygen atoms in total. The Hall–Kier alpha value is -6.45. The van der Waals surface area contributed by atoms with Crippen molar-refractivity contribution in [1.82, 2.24) is 30.5 Å². The number of aryl methyl sites for hydroxylation is 1. The molecule has 5 aromatic rings. The number of carbonyl (C=O) groups excluding carboxylic acids is 4. The van der Waals surface area contributed by atoms with E-state index in [4.69, 9.17) is 4.98 Å². The average molecular weight is 994 g/mol. The maximum atomic E-state index is 14.3. The highest BCUT2D eigenvalue weighted by Crippen LogP contribution is 2.44. The van der Waals surface area contributed by atoms with Gasteiger partial charge in [-0.2, -0.15) is 4.98 Å². The van der Waals surface area contributed by atoms with E-state index in [2.05, 4.69) is 68.6 Å². The second kappa shape index (κ2) is 23.0. The van der Waals surface area contributed by atoms with E-state index in [9.17, 15) is 24.3 Å². The molecule has 8 rings (SSSR count). The summed E-state index contributed by atoms with van der Waals surface area (Å²) >= 11 is 1.62. The van der Waals surface area contributed by atoms with Crippen molar-refractivity contribution in [1.29, 1.82) is 0 Å². The molecule has 4 heterocycles. The van der Waals surface area contributed by atoms with E-state index < -0.39 is 17.4 Å². The third kappa shape index (κ3) is 12.1. The maximum absolute atomic E-state index is 14.3. The number of aliphatic hydroxyl groups is 1. The number of hydrogen-bond donors (Lipinski definition) is 4. The van der Waals surface area contributed by atoms with Crippen molar-refractivity contribution in [3.05, 3.63) is 119 Å². The number of ketones is 1. The van der Waals surface area contributed by atoms with Crippen LogP contribution in [0.4, 0.5) is 28.8 Å². The lowest BCUT2D eigenvalue weighted by molar-refractivity contribution is -0.142. The number of Topliss-reactive ketones (excluding diaryl/α,β-unsaturated/α-hetero) is 1. The molecule has 380 valence electrons. The zero-order valence-electron chi connectivity index (χ0n) is 42.7. The Kier molecular flexibility index (Phi) is 16.5. The van der Waals surface area contributed by atoms with Crippen molar-refractivity contribution in [2.75, 3.05) is 35.3 Å². The first-order valence-electron chi connectivity index (χ1n) is 25.7. The van der Waals surface area contributed by atoms with Crippen LogP contribution in [0.1, 0.15) is 143 Å². The van der Waals surface area contributed by atoms with E-state index in [1.54, 1.807) is 46.5 Å². The standard InChI is InChI=1S/C57H71N9O5S/c1-36(39-22-24-40(25-23-39)51-38(3)60-35-72-51)61-37(2)49-32-45(68)34-65(49)55(71)47(57(4,5)6)31-44(67)19-11-9-8-10-16-30-58-53(69)41-26-28-42(29-27-41)62-56-59-33-50-52(63-56)66(43-17-12-13-18-43)48-21-15-14-20-46(48)54(70)64(50)7/h14-15,20-29,33,35-36,43,45,47,49,61,68H,2,8-13,16-19,30-32,34H2,1,3-7H3,(H,58,69)(H,59,62,63)/t36-,45+,47+,49-/m0/s1. The first kappa shape index (κ1) is 51.9. The Labute approximate surface area is 428 Å². The molecule has 1 saturated heterocycles. The second-order valence-electron chi connectivity index (χ2n) is 20.9. The molecule has 72 heavy (non-hydrogen) atoms. The van der Waals surface area contributed by atoms with Crippen molar-refractivity contribution in [2.45, 2.75) is 136 Å². The molecule has 1 aliphatic carbocycles. The minimum absolute atomic E-state index is 0.0724. The maximum Gasteiger partial charge on any atom is 0.260 e. The Morgan fingerprint density at radius 1 is 0.917 bits per heavy atom. The smallest absolute Gasteiger partial charge is 0.260 e. The summed E-state index contributed by atoms with van der Waals surface area (Å²) in [5, 5.41) is 20.6. The van der Waals surface area contributed by atoms with E-state index in [1.807, 2.05) is 69.6 Å². The number of amides is 3. The highest BCUT2D eigenvalue weighted by Gasteiger charge is 2.43. The monoisotopic (exact) mass is 994 g/mol. The first-order chi connectivity index (χ1) is 34.6. The quantitative estimate of drug-likeness (QED) is 0.0547. The van der Waals surface area contributed by atoms with Crippen LogP contribution in [0.5, 0.6) is 0 Å². The van der Waals surface area contributed by atoms with Gasteiger partial charge in [-0.15, -0.1) is 11.3 Å². The molecule has 4 atom stereocenters. The number of nitrogens with one attached hydrogen (secondary N) is 3. The molecule has 3 aromatic carbocycles. The number of anilines is 5. The van der Waals surface area contributed by atoms with Crippen LogP contribution >= 0.6 is 11.3 Å². The number of aliphatic hydroxyl groups excluding tert-OH is 1. The molecule has 3 amide bonds. The Morgan fingerprint density at radius 3 is 2.33 bits per heavy atom. The number of aromatic nitrogens is 3. The van der Waals surface area contributed by atoms with Gasteiger partial charge in [0.2, 0.25) is 11.9 Å². The van der Waals surface area contributed by atoms with Crippen LogP contribution in [0.3, 0.4) is 0 Å². The molecule has 15 heteroatoms. The Bertz CT molecular complexity index is 2730. The molecule has 2 aliphatic heterocycles. The summed E-state index contributed by atoms with van der Waals surface area (Å²) in [7, 11) is 1.77. The number of likely N-dealkylation sites (tertiary alicyclic amines) is 1. The third-order valence-corrected chi connectivity index (χ3v) is 15.6. The molecule has 0 bridgehead atoms. The molecule has 0 spiro atoms. The molecule has 2 fully saturated rings. The molecule has 0 unspecified atom stereocenters. The average Bonchev–Trinajstić information content (AvgIpc) is 4.15. The number of unbranched alkanes of at least 4 members (excludes halogenated alkanes) is 4. The molecular formula is C57H71N9O5S. The number of benzene rings is 3. The number of hydrogen-bond acceptors (Lipinski definition) is 12. The summed E-state index contributed by atoms with van der Waals surface area (Å²) in [6, 6.07) is 23.1. The third-order valence-electron chi connectivity index (χ3n) is 14.6. The van der Waals surface area contributed by atoms with E-state index in [0.717, 1.165) is 90.9 Å². The summed E-state index contributed by atoms with van der Waals surface area (Å²) < 4.78 is 0. The minimum atomic E-state index is -0.673. The molecule has 3 aliphatic rings. The van der Waals surface area contributed by atoms with Crippen molar-refractivity contribution < 1.29 is 24.3 Å². The van der Waals surface area contributed by atoms with Gasteiger partial charge in [-0.05, 0) is 92.5 Å². The fourth-order valence-corrected chi connectivity index (χ4v) is 11.2. The number of rotatable bonds is 20. The molecule has 0 radical (unpaired) electrons. The van der Waals surface area contributed by atoms with Crippen LogP contribution in [-0.2, 0) is 9.59 Å². The van der Waals surface area contributed by atoms with E-state index >= 15 is 0 Å². The summed E-state index contributed by atoms with van der Waals surface area (Å²) in [5.41, 5.74) is 8.74. The normalized spacial score (nSPS) is 17.8. The zero-order chi connectivity index (χ0) is 51.1. The largest absolute Gasteiger partial charge is 0.391 e. The van der Waals surface area contributed by atoms with Gasteiger partial charge in [-0.25, -0.2) is 9.97 Å². The highest BCUT2D eigenvalue weighted by molar-refractivity contribution is 7.13. The van der Waals surface area contributed by atoms with Gasteiger partial charge in [0.25, 0.3) is 11.8 Å². The van der Waals surface area contributed by atoms with Crippen LogP contribution in [0.2, 0.25) is 0 Å². The fourth-order valence-electron chi connectivity index (χ4n) is 10.4. The zero-order valence-corrected chi connectivity index (χ0v) is 43.6. The lowest BCUT2D eigenvalue weighted by Crippen LogP contribution is -2.47. The second-order valence-corrected chi connectivity index (χ2v) is 21.8. The van der Waals surface area contributed by atoms with Crippen LogP contribution in [-0.4, -0.2) is 86.8 Å².